The van der Waals surface area contributed by atoms with Gasteiger partial charge in [0.05, 0.1) is 12.8 Å². The second kappa shape index (κ2) is 10.6. The smallest absolute Gasteiger partial charge is 0.253 e. The van der Waals surface area contributed by atoms with E-state index in [1.165, 1.54) is 6.21 Å². The summed E-state index contributed by atoms with van der Waals surface area (Å²) in [7, 11) is 0. The zero-order valence-electron chi connectivity index (χ0n) is 15.0. The predicted molar refractivity (Wildman–Crippen MR) is 97.3 cm³/mol. The summed E-state index contributed by atoms with van der Waals surface area (Å²) in [6, 6.07) is 6.90. The SMILES string of the molecule is O=C(CCCOc1ccc(/C=N/NC(=O)CCN2C(=O)C=CC2=O)cc1)NO. The molecule has 4 amide bonds. The minimum atomic E-state index is -0.465. The minimum Gasteiger partial charge on any atom is -0.494 e. The Hall–Kier alpha value is -3.53. The standard InChI is InChI=1S/C18H20N4O6/c23-15(9-10-22-17(25)7-8-18(22)26)20-19-12-13-3-5-14(6-4-13)28-11-1-2-16(24)21-27/h3-8,12,27H,1-2,9-11H2,(H,20,23)(H,21,24)/b19-12+. The van der Waals surface area contributed by atoms with Gasteiger partial charge in [-0.05, 0) is 36.2 Å². The van der Waals surface area contributed by atoms with Crippen molar-refractivity contribution >= 4 is 29.8 Å². The van der Waals surface area contributed by atoms with Crippen LogP contribution in [0.1, 0.15) is 24.8 Å². The van der Waals surface area contributed by atoms with E-state index in [1.54, 1.807) is 29.7 Å². The van der Waals surface area contributed by atoms with Gasteiger partial charge >= 0.3 is 0 Å². The molecule has 0 atom stereocenters. The summed E-state index contributed by atoms with van der Waals surface area (Å²) >= 11 is 0. The van der Waals surface area contributed by atoms with Crippen LogP contribution in [0.3, 0.4) is 0 Å². The number of ether oxygens (including phenoxy) is 1. The molecule has 1 aromatic carbocycles. The minimum absolute atomic E-state index is 0.00196. The van der Waals surface area contributed by atoms with E-state index in [4.69, 9.17) is 9.94 Å². The number of imide groups is 1. The van der Waals surface area contributed by atoms with Gasteiger partial charge in [0.15, 0.2) is 0 Å². The van der Waals surface area contributed by atoms with Gasteiger partial charge in [-0.2, -0.15) is 5.10 Å². The van der Waals surface area contributed by atoms with Crippen LogP contribution in [0.4, 0.5) is 0 Å². The third kappa shape index (κ3) is 6.65. The number of hydroxylamine groups is 1. The Bertz CT molecular complexity index is 770. The van der Waals surface area contributed by atoms with Crippen LogP contribution >= 0.6 is 0 Å². The maximum absolute atomic E-state index is 11.7. The molecule has 10 heteroatoms. The zero-order chi connectivity index (χ0) is 20.4. The molecule has 148 valence electrons. The lowest BCUT2D eigenvalue weighted by atomic mass is 10.2. The van der Waals surface area contributed by atoms with E-state index in [0.29, 0.717) is 18.8 Å². The van der Waals surface area contributed by atoms with Crippen molar-refractivity contribution in [2.24, 2.45) is 5.10 Å². The zero-order valence-corrected chi connectivity index (χ0v) is 15.0. The lowest BCUT2D eigenvalue weighted by Crippen LogP contribution is -2.33. The van der Waals surface area contributed by atoms with Crippen molar-refractivity contribution in [3.05, 3.63) is 42.0 Å². The Kier molecular flexibility index (Phi) is 7.85. The van der Waals surface area contributed by atoms with Gasteiger partial charge < -0.3 is 4.74 Å². The summed E-state index contributed by atoms with van der Waals surface area (Å²) in [5, 5.41) is 12.2. The number of amides is 4. The quantitative estimate of drug-likeness (QED) is 0.171. The van der Waals surface area contributed by atoms with Gasteiger partial charge in [0, 0.05) is 31.5 Å². The molecule has 1 aromatic rings. The van der Waals surface area contributed by atoms with E-state index in [9.17, 15) is 19.2 Å². The number of nitrogens with one attached hydrogen (secondary N) is 2. The molecule has 2 rings (SSSR count). The number of rotatable bonds is 10. The third-order valence-corrected chi connectivity index (χ3v) is 3.69. The normalized spacial score (nSPS) is 13.2. The Morgan fingerprint density at radius 1 is 1.07 bits per heavy atom. The number of carbonyl (C=O) groups is 4. The number of nitrogens with zero attached hydrogens (tertiary/aromatic N) is 2. The van der Waals surface area contributed by atoms with Crippen molar-refractivity contribution in [1.82, 2.24) is 15.8 Å². The van der Waals surface area contributed by atoms with Gasteiger partial charge in [0.2, 0.25) is 11.8 Å². The Balaban J connectivity index is 1.67. The Morgan fingerprint density at radius 2 is 1.75 bits per heavy atom. The van der Waals surface area contributed by atoms with Crippen molar-refractivity contribution in [3.63, 3.8) is 0 Å². The lowest BCUT2D eigenvalue weighted by Gasteiger charge is -2.12. The molecule has 0 bridgehead atoms. The van der Waals surface area contributed by atoms with Gasteiger partial charge in [-0.1, -0.05) is 0 Å². The molecule has 3 N–H and O–H groups in total. The average Bonchev–Trinajstić information content (AvgIpc) is 3.02. The van der Waals surface area contributed by atoms with E-state index in [1.807, 2.05) is 0 Å². The molecule has 1 aliphatic heterocycles. The van der Waals surface area contributed by atoms with Crippen LogP contribution in [-0.2, 0) is 19.2 Å². The second-order valence-corrected chi connectivity index (χ2v) is 5.76. The number of hydrogen-bond acceptors (Lipinski definition) is 7. The molecule has 0 saturated heterocycles. The third-order valence-electron chi connectivity index (χ3n) is 3.69. The number of benzene rings is 1. The van der Waals surface area contributed by atoms with E-state index in [2.05, 4.69) is 10.5 Å². The predicted octanol–water partition coefficient (Wildman–Crippen LogP) is 0.116. The molecule has 0 spiro atoms. The molecule has 0 radical (unpaired) electrons. The van der Waals surface area contributed by atoms with E-state index in [0.717, 1.165) is 22.6 Å². The highest BCUT2D eigenvalue weighted by atomic mass is 16.5. The van der Waals surface area contributed by atoms with Crippen LogP contribution in [-0.4, -0.2) is 53.1 Å². The second-order valence-electron chi connectivity index (χ2n) is 5.76. The first-order valence-electron chi connectivity index (χ1n) is 8.51. The van der Waals surface area contributed by atoms with Crippen LogP contribution in [0.2, 0.25) is 0 Å². The van der Waals surface area contributed by atoms with Crippen molar-refractivity contribution in [3.8, 4) is 5.75 Å². The topological polar surface area (TPSA) is 137 Å². The van der Waals surface area contributed by atoms with E-state index in [-0.39, 0.29) is 19.4 Å². The largest absolute Gasteiger partial charge is 0.494 e. The average molecular weight is 388 g/mol. The summed E-state index contributed by atoms with van der Waals surface area (Å²) in [5.74, 6) is -1.14. The lowest BCUT2D eigenvalue weighted by molar-refractivity contribution is -0.137. The Labute approximate surface area is 160 Å². The summed E-state index contributed by atoms with van der Waals surface area (Å²) in [4.78, 5) is 46.3. The summed E-state index contributed by atoms with van der Waals surface area (Å²) < 4.78 is 5.46. The van der Waals surface area contributed by atoms with Crippen LogP contribution in [0.15, 0.2) is 41.5 Å². The summed E-state index contributed by atoms with van der Waals surface area (Å²) in [5.41, 5.74) is 4.60. The molecule has 1 aliphatic rings. The molecule has 1 heterocycles. The fourth-order valence-corrected chi connectivity index (χ4v) is 2.23. The number of hydrazone groups is 1. The fourth-order valence-electron chi connectivity index (χ4n) is 2.23. The fraction of sp³-hybridized carbons (Fsp3) is 0.278. The Morgan fingerprint density at radius 3 is 2.39 bits per heavy atom. The van der Waals surface area contributed by atoms with Gasteiger partial charge in [-0.25, -0.2) is 10.9 Å². The van der Waals surface area contributed by atoms with Crippen LogP contribution < -0.4 is 15.6 Å². The summed E-state index contributed by atoms with van der Waals surface area (Å²) in [6.07, 6.45) is 4.36. The van der Waals surface area contributed by atoms with Crippen molar-refractivity contribution in [2.75, 3.05) is 13.2 Å². The summed E-state index contributed by atoms with van der Waals surface area (Å²) in [6.45, 7) is 0.326. The van der Waals surface area contributed by atoms with Gasteiger partial charge in [-0.3, -0.25) is 29.3 Å². The van der Waals surface area contributed by atoms with Crippen LogP contribution in [0, 0.1) is 0 Å². The highest BCUT2D eigenvalue weighted by Gasteiger charge is 2.23. The first-order chi connectivity index (χ1) is 13.5. The molecular weight excluding hydrogens is 368 g/mol. The van der Waals surface area contributed by atoms with E-state index >= 15 is 0 Å². The molecule has 28 heavy (non-hydrogen) atoms. The molecular formula is C18H20N4O6. The van der Waals surface area contributed by atoms with E-state index < -0.39 is 23.6 Å². The van der Waals surface area contributed by atoms with Crippen molar-refractivity contribution < 1.29 is 29.1 Å². The van der Waals surface area contributed by atoms with Crippen LogP contribution in [0.5, 0.6) is 5.75 Å². The van der Waals surface area contributed by atoms with Crippen LogP contribution in [0.25, 0.3) is 0 Å². The highest BCUT2D eigenvalue weighted by Crippen LogP contribution is 2.11. The first kappa shape index (κ1) is 20.8. The van der Waals surface area contributed by atoms with Gasteiger partial charge in [0.1, 0.15) is 5.75 Å². The number of carbonyl (C=O) groups excluding carboxylic acids is 4. The molecule has 0 aromatic heterocycles. The van der Waals surface area contributed by atoms with Gasteiger partial charge in [0.25, 0.3) is 11.8 Å². The van der Waals surface area contributed by atoms with Crippen molar-refractivity contribution in [1.29, 1.82) is 0 Å². The number of hydrogen-bond donors (Lipinski definition) is 3. The first-order valence-corrected chi connectivity index (χ1v) is 8.51. The highest BCUT2D eigenvalue weighted by molar-refractivity contribution is 6.13. The maximum Gasteiger partial charge on any atom is 0.253 e. The monoisotopic (exact) mass is 388 g/mol. The molecule has 0 aliphatic carbocycles. The molecule has 10 nitrogen and oxygen atoms in total. The van der Waals surface area contributed by atoms with Gasteiger partial charge in [-0.15, -0.1) is 0 Å². The maximum atomic E-state index is 11.7. The molecule has 0 unspecified atom stereocenters. The molecule has 0 saturated carbocycles. The molecule has 0 fully saturated rings. The van der Waals surface area contributed by atoms with Crippen molar-refractivity contribution in [2.45, 2.75) is 19.3 Å².